The smallest absolute Gasteiger partial charge is 0.238 e. The van der Waals surface area contributed by atoms with Crippen molar-refractivity contribution < 1.29 is 4.79 Å². The first kappa shape index (κ1) is 14.7. The summed E-state index contributed by atoms with van der Waals surface area (Å²) in [7, 11) is 1.81. The molecule has 0 radical (unpaired) electrons. The van der Waals surface area contributed by atoms with Gasteiger partial charge >= 0.3 is 0 Å². The SMILES string of the molecule is Cc1ccc(C(C)(C)CN(C)C(=O)[C@@H](C)N)cc1. The van der Waals surface area contributed by atoms with Crippen LogP contribution in [0.15, 0.2) is 24.3 Å². The van der Waals surface area contributed by atoms with E-state index in [4.69, 9.17) is 5.73 Å². The van der Waals surface area contributed by atoms with E-state index in [2.05, 4.69) is 45.0 Å². The molecular formula is C15H24N2O. The molecule has 0 saturated heterocycles. The molecule has 1 aromatic carbocycles. The normalized spacial score (nSPS) is 13.2. The van der Waals surface area contributed by atoms with E-state index in [9.17, 15) is 4.79 Å². The van der Waals surface area contributed by atoms with E-state index in [0.717, 1.165) is 0 Å². The second-order valence-corrected chi connectivity index (χ2v) is 5.73. The summed E-state index contributed by atoms with van der Waals surface area (Å²) in [6, 6.07) is 8.01. The summed E-state index contributed by atoms with van der Waals surface area (Å²) in [5.74, 6) is -0.0183. The van der Waals surface area contributed by atoms with Gasteiger partial charge in [0.05, 0.1) is 6.04 Å². The van der Waals surface area contributed by atoms with E-state index >= 15 is 0 Å². The summed E-state index contributed by atoms with van der Waals surface area (Å²) in [5.41, 5.74) is 8.03. The molecule has 3 nitrogen and oxygen atoms in total. The fourth-order valence-electron chi connectivity index (χ4n) is 2.11. The zero-order valence-electron chi connectivity index (χ0n) is 12.0. The minimum absolute atomic E-state index is 0.0183. The fourth-order valence-corrected chi connectivity index (χ4v) is 2.11. The number of nitrogens with two attached hydrogens (primary N) is 1. The van der Waals surface area contributed by atoms with Gasteiger partial charge in [-0.3, -0.25) is 4.79 Å². The van der Waals surface area contributed by atoms with Crippen LogP contribution in [0.4, 0.5) is 0 Å². The maximum Gasteiger partial charge on any atom is 0.238 e. The van der Waals surface area contributed by atoms with Crippen molar-refractivity contribution in [1.82, 2.24) is 4.90 Å². The van der Waals surface area contributed by atoms with E-state index in [1.54, 1.807) is 11.8 Å². The fraction of sp³-hybridized carbons (Fsp3) is 0.533. The van der Waals surface area contributed by atoms with Crippen molar-refractivity contribution in [2.24, 2.45) is 5.73 Å². The zero-order valence-corrected chi connectivity index (χ0v) is 12.0. The average molecular weight is 248 g/mol. The van der Waals surface area contributed by atoms with Gasteiger partial charge in [0.15, 0.2) is 0 Å². The highest BCUT2D eigenvalue weighted by atomic mass is 16.2. The summed E-state index contributed by atoms with van der Waals surface area (Å²) in [6.45, 7) is 8.74. The Morgan fingerprint density at radius 1 is 1.33 bits per heavy atom. The molecule has 1 amide bonds. The number of carbonyl (C=O) groups excluding carboxylic acids is 1. The van der Waals surface area contributed by atoms with Gasteiger partial charge in [0.1, 0.15) is 0 Å². The van der Waals surface area contributed by atoms with Gasteiger partial charge < -0.3 is 10.6 Å². The Hall–Kier alpha value is -1.35. The van der Waals surface area contributed by atoms with Crippen molar-refractivity contribution in [2.45, 2.75) is 39.2 Å². The second-order valence-electron chi connectivity index (χ2n) is 5.73. The first-order valence-corrected chi connectivity index (χ1v) is 6.32. The Bertz CT molecular complexity index is 407. The van der Waals surface area contributed by atoms with E-state index < -0.39 is 6.04 Å². The average Bonchev–Trinajstić information content (AvgIpc) is 2.27. The summed E-state index contributed by atoms with van der Waals surface area (Å²) in [5, 5.41) is 0. The molecule has 2 N–H and O–H groups in total. The van der Waals surface area contributed by atoms with Crippen LogP contribution in [0.25, 0.3) is 0 Å². The van der Waals surface area contributed by atoms with Crippen LogP contribution in [-0.4, -0.2) is 30.4 Å². The van der Waals surface area contributed by atoms with Gasteiger partial charge in [-0.2, -0.15) is 0 Å². The van der Waals surface area contributed by atoms with Crippen LogP contribution < -0.4 is 5.73 Å². The summed E-state index contributed by atoms with van der Waals surface area (Å²) >= 11 is 0. The van der Waals surface area contributed by atoms with Gasteiger partial charge in [0, 0.05) is 19.0 Å². The number of amides is 1. The van der Waals surface area contributed by atoms with Crippen molar-refractivity contribution in [3.8, 4) is 0 Å². The Labute approximate surface area is 110 Å². The summed E-state index contributed by atoms with van der Waals surface area (Å²) in [6.07, 6.45) is 0. The van der Waals surface area contributed by atoms with Gasteiger partial charge in [-0.15, -0.1) is 0 Å². The van der Waals surface area contributed by atoms with E-state index in [-0.39, 0.29) is 11.3 Å². The number of nitrogens with zero attached hydrogens (tertiary/aromatic N) is 1. The predicted molar refractivity (Wildman–Crippen MR) is 75.5 cm³/mol. The highest BCUT2D eigenvalue weighted by molar-refractivity contribution is 5.81. The second kappa shape index (κ2) is 5.53. The lowest BCUT2D eigenvalue weighted by Crippen LogP contribution is -2.45. The third-order valence-corrected chi connectivity index (χ3v) is 3.23. The first-order valence-electron chi connectivity index (χ1n) is 6.32. The molecule has 1 atom stereocenters. The molecule has 1 aromatic rings. The lowest BCUT2D eigenvalue weighted by molar-refractivity contribution is -0.131. The van der Waals surface area contributed by atoms with Crippen molar-refractivity contribution in [3.63, 3.8) is 0 Å². The Morgan fingerprint density at radius 3 is 2.28 bits per heavy atom. The molecule has 0 fully saturated rings. The molecular weight excluding hydrogens is 224 g/mol. The van der Waals surface area contributed by atoms with Crippen molar-refractivity contribution >= 4 is 5.91 Å². The van der Waals surface area contributed by atoms with Crippen LogP contribution in [0.1, 0.15) is 31.9 Å². The van der Waals surface area contributed by atoms with Crippen LogP contribution in [0.2, 0.25) is 0 Å². The zero-order chi connectivity index (χ0) is 13.9. The standard InChI is InChI=1S/C15H24N2O/c1-11-6-8-13(9-7-11)15(3,4)10-17(5)14(18)12(2)16/h6-9,12H,10,16H2,1-5H3/t12-/m1/s1. The molecule has 100 valence electrons. The number of likely N-dealkylation sites (N-methyl/N-ethyl adjacent to an activating group) is 1. The van der Waals surface area contributed by atoms with Crippen LogP contribution in [-0.2, 0) is 10.2 Å². The molecule has 0 bridgehead atoms. The highest BCUT2D eigenvalue weighted by Crippen LogP contribution is 2.24. The summed E-state index contributed by atoms with van der Waals surface area (Å²) in [4.78, 5) is 13.5. The van der Waals surface area contributed by atoms with E-state index in [1.807, 2.05) is 7.05 Å². The minimum atomic E-state index is -0.441. The third kappa shape index (κ3) is 3.57. The topological polar surface area (TPSA) is 46.3 Å². The summed E-state index contributed by atoms with van der Waals surface area (Å²) < 4.78 is 0. The Balaban J connectivity index is 2.81. The largest absolute Gasteiger partial charge is 0.344 e. The monoisotopic (exact) mass is 248 g/mol. The first-order chi connectivity index (χ1) is 8.24. The molecule has 0 saturated carbocycles. The quantitative estimate of drug-likeness (QED) is 0.886. The molecule has 18 heavy (non-hydrogen) atoms. The Kier molecular flexibility index (Phi) is 4.52. The molecule has 0 aliphatic heterocycles. The number of hydrogen-bond donors (Lipinski definition) is 1. The van der Waals surface area contributed by atoms with Gasteiger partial charge in [0.25, 0.3) is 0 Å². The van der Waals surface area contributed by atoms with Crippen LogP contribution in [0.3, 0.4) is 0 Å². The van der Waals surface area contributed by atoms with Gasteiger partial charge in [-0.05, 0) is 19.4 Å². The number of carbonyl (C=O) groups is 1. The molecule has 0 aliphatic carbocycles. The van der Waals surface area contributed by atoms with E-state index in [0.29, 0.717) is 6.54 Å². The molecule has 0 spiro atoms. The van der Waals surface area contributed by atoms with Crippen LogP contribution in [0, 0.1) is 6.92 Å². The highest BCUT2D eigenvalue weighted by Gasteiger charge is 2.25. The third-order valence-electron chi connectivity index (χ3n) is 3.23. The predicted octanol–water partition coefficient (Wildman–Crippen LogP) is 2.08. The number of rotatable bonds is 4. The number of benzene rings is 1. The molecule has 0 aliphatic rings. The molecule has 0 heterocycles. The number of aryl methyl sites for hydroxylation is 1. The van der Waals surface area contributed by atoms with Gasteiger partial charge in [0.2, 0.25) is 5.91 Å². The van der Waals surface area contributed by atoms with Crippen molar-refractivity contribution in [3.05, 3.63) is 35.4 Å². The molecule has 1 rings (SSSR count). The van der Waals surface area contributed by atoms with E-state index in [1.165, 1.54) is 11.1 Å². The molecule has 0 unspecified atom stereocenters. The van der Waals surface area contributed by atoms with Gasteiger partial charge in [-0.25, -0.2) is 0 Å². The van der Waals surface area contributed by atoms with Crippen LogP contribution >= 0.6 is 0 Å². The Morgan fingerprint density at radius 2 is 1.83 bits per heavy atom. The molecule has 3 heteroatoms. The maximum absolute atomic E-state index is 11.8. The minimum Gasteiger partial charge on any atom is -0.344 e. The van der Waals surface area contributed by atoms with Crippen molar-refractivity contribution in [1.29, 1.82) is 0 Å². The molecule has 0 aromatic heterocycles. The van der Waals surface area contributed by atoms with Gasteiger partial charge in [-0.1, -0.05) is 43.7 Å². The maximum atomic E-state index is 11.8. The van der Waals surface area contributed by atoms with Crippen molar-refractivity contribution in [2.75, 3.05) is 13.6 Å². The van der Waals surface area contributed by atoms with Crippen LogP contribution in [0.5, 0.6) is 0 Å². The lowest BCUT2D eigenvalue weighted by Gasteiger charge is -2.31. The number of hydrogen-bond acceptors (Lipinski definition) is 2. The lowest BCUT2D eigenvalue weighted by atomic mass is 9.83.